The molecule has 0 spiro atoms. The van der Waals surface area contributed by atoms with Gasteiger partial charge < -0.3 is 5.11 Å². The number of carbonyl (C=O) groups is 1. The van der Waals surface area contributed by atoms with Gasteiger partial charge in [-0.2, -0.15) is 0 Å². The van der Waals surface area contributed by atoms with Gasteiger partial charge in [-0.25, -0.2) is 4.89 Å². The van der Waals surface area contributed by atoms with E-state index < -0.39 is 5.97 Å². The van der Waals surface area contributed by atoms with Crippen molar-refractivity contribution in [2.24, 2.45) is 0 Å². The second-order valence-corrected chi connectivity index (χ2v) is 5.65. The molecule has 136 valence electrons. The minimum atomic E-state index is -0.748. The van der Waals surface area contributed by atoms with E-state index in [1.807, 2.05) is 42.5 Å². The maximum atomic E-state index is 10.3. The highest BCUT2D eigenvalue weighted by Gasteiger charge is 1.99. The Morgan fingerprint density at radius 3 is 2.46 bits per heavy atom. The molecule has 0 aliphatic heterocycles. The van der Waals surface area contributed by atoms with Crippen molar-refractivity contribution in [3.8, 4) is 0 Å². The van der Waals surface area contributed by atoms with Crippen molar-refractivity contribution in [3.63, 3.8) is 0 Å². The highest BCUT2D eigenvalue weighted by molar-refractivity contribution is 5.66. The summed E-state index contributed by atoms with van der Waals surface area (Å²) in [5, 5.41) is 17.4. The van der Waals surface area contributed by atoms with Crippen molar-refractivity contribution in [3.05, 3.63) is 48.6 Å². The van der Waals surface area contributed by atoms with Crippen molar-refractivity contribution in [1.82, 2.24) is 0 Å². The van der Waals surface area contributed by atoms with Crippen molar-refractivity contribution >= 4 is 5.97 Å². The van der Waals surface area contributed by atoms with Gasteiger partial charge in [-0.3, -0.25) is 10.1 Å². The lowest BCUT2D eigenvalue weighted by molar-refractivity contribution is -0.264. The lowest BCUT2D eigenvalue weighted by atomic mass is 10.2. The molecule has 0 fully saturated rings. The van der Waals surface area contributed by atoms with Crippen molar-refractivity contribution in [1.29, 1.82) is 0 Å². The third-order valence-corrected chi connectivity index (χ3v) is 3.42. The lowest BCUT2D eigenvalue weighted by Gasteiger charge is -2.03. The molecule has 0 rings (SSSR count). The molecule has 4 heteroatoms. The van der Waals surface area contributed by atoms with E-state index in [1.165, 1.54) is 19.3 Å². The van der Waals surface area contributed by atoms with E-state index in [9.17, 15) is 4.79 Å². The summed E-state index contributed by atoms with van der Waals surface area (Å²) in [6.45, 7) is 2.19. The summed E-state index contributed by atoms with van der Waals surface area (Å²) in [4.78, 5) is 14.8. The number of hydrogen-bond donors (Lipinski definition) is 2. The molecule has 0 amide bonds. The maximum absolute atomic E-state index is 10.3. The van der Waals surface area contributed by atoms with E-state index in [4.69, 9.17) is 10.4 Å². The van der Waals surface area contributed by atoms with E-state index in [0.717, 1.165) is 19.3 Å². The first kappa shape index (κ1) is 22.4. The highest BCUT2D eigenvalue weighted by Crippen LogP contribution is 2.04. The molecular weight excluding hydrogens is 304 g/mol. The van der Waals surface area contributed by atoms with E-state index in [-0.39, 0.29) is 12.5 Å². The minimum absolute atomic E-state index is 0.217. The van der Waals surface area contributed by atoms with Crippen LogP contribution < -0.4 is 0 Å². The fourth-order valence-corrected chi connectivity index (χ4v) is 2.02. The fourth-order valence-electron chi connectivity index (χ4n) is 2.02. The summed E-state index contributed by atoms with van der Waals surface area (Å²) < 4.78 is 0. The number of allylic oxidation sites excluding steroid dienone is 6. The first-order chi connectivity index (χ1) is 11.7. The Kier molecular flexibility index (Phi) is 16.5. The summed E-state index contributed by atoms with van der Waals surface area (Å²) in [7, 11) is 0. The van der Waals surface area contributed by atoms with Crippen LogP contribution in [0.2, 0.25) is 0 Å². The molecule has 0 aromatic rings. The molecule has 0 heterocycles. The summed E-state index contributed by atoms with van der Waals surface area (Å²) in [5.41, 5.74) is 0. The molecule has 0 unspecified atom stereocenters. The number of hydrogen-bond acceptors (Lipinski definition) is 3. The van der Waals surface area contributed by atoms with E-state index in [2.05, 4.69) is 17.9 Å². The predicted octanol–water partition coefficient (Wildman–Crippen LogP) is 5.68. The van der Waals surface area contributed by atoms with Crippen LogP contribution in [0.1, 0.15) is 64.7 Å². The second-order valence-electron chi connectivity index (χ2n) is 5.65. The van der Waals surface area contributed by atoms with Gasteiger partial charge in [0.1, 0.15) is 6.10 Å². The average Bonchev–Trinajstić information content (AvgIpc) is 2.57. The van der Waals surface area contributed by atoms with E-state index in [0.29, 0.717) is 12.8 Å². The molecule has 1 atom stereocenters. The zero-order valence-electron chi connectivity index (χ0n) is 14.8. The molecule has 0 radical (unpaired) electrons. The van der Waals surface area contributed by atoms with Crippen LogP contribution in [0.4, 0.5) is 0 Å². The Labute approximate surface area is 146 Å². The largest absolute Gasteiger partial charge is 0.481 e. The molecular formula is C20H32O4. The Bertz CT molecular complexity index is 408. The van der Waals surface area contributed by atoms with Gasteiger partial charge in [0.05, 0.1) is 0 Å². The first-order valence-corrected chi connectivity index (χ1v) is 8.86. The van der Waals surface area contributed by atoms with Crippen molar-refractivity contribution < 1.29 is 20.0 Å². The summed E-state index contributed by atoms with van der Waals surface area (Å²) in [6, 6.07) is 0. The van der Waals surface area contributed by atoms with Crippen LogP contribution in [0.25, 0.3) is 0 Å². The third kappa shape index (κ3) is 16.7. The molecule has 0 aliphatic carbocycles. The van der Waals surface area contributed by atoms with Gasteiger partial charge >= 0.3 is 5.97 Å². The molecule has 0 saturated heterocycles. The van der Waals surface area contributed by atoms with Crippen LogP contribution in [0.15, 0.2) is 48.6 Å². The predicted molar refractivity (Wildman–Crippen MR) is 98.9 cm³/mol. The molecule has 0 bridgehead atoms. The number of carboxylic acids is 1. The number of rotatable bonds is 15. The van der Waals surface area contributed by atoms with Gasteiger partial charge in [-0.1, -0.05) is 68.4 Å². The third-order valence-electron chi connectivity index (χ3n) is 3.42. The van der Waals surface area contributed by atoms with E-state index in [1.54, 1.807) is 0 Å². The molecule has 24 heavy (non-hydrogen) atoms. The molecule has 0 aromatic heterocycles. The smallest absolute Gasteiger partial charge is 0.303 e. The quantitative estimate of drug-likeness (QED) is 0.133. The molecule has 0 aliphatic rings. The van der Waals surface area contributed by atoms with Crippen molar-refractivity contribution in [2.75, 3.05) is 0 Å². The van der Waals surface area contributed by atoms with Crippen LogP contribution in [0.5, 0.6) is 0 Å². The van der Waals surface area contributed by atoms with Gasteiger partial charge in [-0.05, 0) is 38.5 Å². The van der Waals surface area contributed by atoms with Crippen LogP contribution in [0.3, 0.4) is 0 Å². The second kappa shape index (κ2) is 17.7. The highest BCUT2D eigenvalue weighted by atomic mass is 17.1. The normalized spacial score (nSPS) is 13.8. The standard InChI is InChI=1S/C20H32O4/c1-2-3-4-5-7-10-13-16-19(24-23)17-14-11-8-6-9-12-15-18-20(21)22/h6-7,9-11,13-14,16,19,23H,2-5,8,12,15,17-18H2,1H3,(H,21,22)/b9-6-,10-7-,14-11-,16-13+/t19-/m0/s1. The van der Waals surface area contributed by atoms with Gasteiger partial charge in [0.2, 0.25) is 0 Å². The monoisotopic (exact) mass is 336 g/mol. The van der Waals surface area contributed by atoms with Crippen LogP contribution in [0, 0.1) is 0 Å². The van der Waals surface area contributed by atoms with Crippen LogP contribution in [-0.4, -0.2) is 22.4 Å². The molecule has 0 saturated carbocycles. The SMILES string of the molecule is CCCCC/C=C\C=C\[C@@H](C/C=C\C/C=C\CCCC(=O)O)OO. The van der Waals surface area contributed by atoms with Gasteiger partial charge in [-0.15, -0.1) is 0 Å². The number of aliphatic carboxylic acids is 1. The summed E-state index contributed by atoms with van der Waals surface area (Å²) in [5.74, 6) is -0.748. The fraction of sp³-hybridized carbons (Fsp3) is 0.550. The molecule has 2 N–H and O–H groups in total. The summed E-state index contributed by atoms with van der Waals surface area (Å²) in [6.07, 6.45) is 23.4. The Hall–Kier alpha value is -1.65. The minimum Gasteiger partial charge on any atom is -0.481 e. The topological polar surface area (TPSA) is 66.8 Å². The zero-order chi connectivity index (χ0) is 17.9. The van der Waals surface area contributed by atoms with Gasteiger partial charge in [0.15, 0.2) is 0 Å². The lowest BCUT2D eigenvalue weighted by Crippen LogP contribution is -2.04. The van der Waals surface area contributed by atoms with Crippen molar-refractivity contribution in [2.45, 2.75) is 70.8 Å². The zero-order valence-corrected chi connectivity index (χ0v) is 14.8. The van der Waals surface area contributed by atoms with Gasteiger partial charge in [0.25, 0.3) is 0 Å². The number of unbranched alkanes of at least 4 members (excludes halogenated alkanes) is 4. The Morgan fingerprint density at radius 1 is 1.00 bits per heavy atom. The average molecular weight is 336 g/mol. The number of carboxylic acid groups (broad SMARTS) is 1. The van der Waals surface area contributed by atoms with Crippen LogP contribution >= 0.6 is 0 Å². The first-order valence-electron chi connectivity index (χ1n) is 8.86. The summed E-state index contributed by atoms with van der Waals surface area (Å²) >= 11 is 0. The molecule has 4 nitrogen and oxygen atoms in total. The maximum Gasteiger partial charge on any atom is 0.303 e. The Balaban J connectivity index is 3.79. The van der Waals surface area contributed by atoms with Crippen LogP contribution in [-0.2, 0) is 9.68 Å². The van der Waals surface area contributed by atoms with Gasteiger partial charge in [0, 0.05) is 6.42 Å². The Morgan fingerprint density at radius 2 is 1.75 bits per heavy atom. The van der Waals surface area contributed by atoms with E-state index >= 15 is 0 Å². The molecule has 0 aromatic carbocycles.